The predicted octanol–water partition coefficient (Wildman–Crippen LogP) is -0.0208. The lowest BCUT2D eigenvalue weighted by atomic mass is 10.0. The number of carbonyl (C=O) groups excluding carboxylic acids is 4. The molecule has 0 unspecified atom stereocenters. The van der Waals surface area contributed by atoms with E-state index < -0.39 is 35.0 Å². The van der Waals surface area contributed by atoms with Crippen LogP contribution in [0.1, 0.15) is 24.3 Å². The molecule has 2 amide bonds. The molecule has 2 aromatic heterocycles. The van der Waals surface area contributed by atoms with Gasteiger partial charge in [-0.2, -0.15) is 0 Å². The van der Waals surface area contributed by atoms with Gasteiger partial charge in [-0.05, 0) is 0 Å². The summed E-state index contributed by atoms with van der Waals surface area (Å²) in [5.41, 5.74) is 5.49. The standard InChI is InChI=1S/C18H14ClN5O5S2.C2H6/c19-13-9(22-18(20)31-13)12(25)14(26)21-10-15(27)24-11(17(28)29)8(7-30-16(10)24)6-23-4-2-1-3-5-23;1-2/h1-5,10,16H,6-7H2,(H3-,20,21,22,26,28,29);1-2H3/t10-,16-;/m1./s1. The SMILES string of the molecule is CC.Nc1nc(C(=O)C(=O)N[C@@H]2C(=O)N3C(C(=O)[O-])=C(C[n+]4ccccc4)CS[C@H]23)c(Cl)s1. The van der Waals surface area contributed by atoms with Gasteiger partial charge in [0.1, 0.15) is 21.4 Å². The van der Waals surface area contributed by atoms with E-state index >= 15 is 0 Å². The smallest absolute Gasteiger partial charge is 0.294 e. The number of thioether (sulfide) groups is 1. The molecular formula is C20H20ClN5O5S2. The number of rotatable bonds is 6. The molecule has 1 saturated heterocycles. The first-order valence-corrected chi connectivity index (χ1v) is 12.1. The number of fused-ring (bicyclic) bond motifs is 1. The van der Waals surface area contributed by atoms with Crippen LogP contribution in [-0.2, 0) is 20.9 Å². The van der Waals surface area contributed by atoms with Crippen LogP contribution < -0.4 is 20.7 Å². The molecule has 0 bridgehead atoms. The number of halogens is 1. The Hall–Kier alpha value is -2.96. The number of hydrogen-bond acceptors (Lipinski definition) is 9. The largest absolute Gasteiger partial charge is 0.543 e. The number of aliphatic carboxylic acids is 1. The van der Waals surface area contributed by atoms with Gasteiger partial charge in [0, 0.05) is 23.5 Å². The van der Waals surface area contributed by atoms with Crippen LogP contribution in [0.4, 0.5) is 5.13 Å². The van der Waals surface area contributed by atoms with E-state index in [9.17, 15) is 24.3 Å². The van der Waals surface area contributed by atoms with Crippen LogP contribution in [0.15, 0.2) is 41.9 Å². The number of Topliss-reactive ketones (excluding diaryl/α,β-unsaturated/α-hetero) is 1. The van der Waals surface area contributed by atoms with E-state index in [1.807, 2.05) is 19.9 Å². The lowest BCUT2D eigenvalue weighted by Gasteiger charge is -2.50. The summed E-state index contributed by atoms with van der Waals surface area (Å²) in [6.07, 6.45) is 3.55. The number of carboxylic acid groups (broad SMARTS) is 1. The summed E-state index contributed by atoms with van der Waals surface area (Å²) in [6.45, 7) is 4.27. The van der Waals surface area contributed by atoms with E-state index in [1.54, 1.807) is 29.1 Å². The molecule has 174 valence electrons. The number of carboxylic acids is 1. The molecular weight excluding hydrogens is 490 g/mol. The minimum Gasteiger partial charge on any atom is -0.543 e. The van der Waals surface area contributed by atoms with E-state index in [0.29, 0.717) is 11.3 Å². The molecule has 4 rings (SSSR count). The molecule has 0 radical (unpaired) electrons. The molecule has 33 heavy (non-hydrogen) atoms. The number of nitrogens with one attached hydrogen (secondary N) is 1. The molecule has 10 nitrogen and oxygen atoms in total. The third kappa shape index (κ3) is 4.87. The second kappa shape index (κ2) is 10.3. The van der Waals surface area contributed by atoms with Gasteiger partial charge in [0.25, 0.3) is 17.6 Å². The molecule has 2 atom stereocenters. The van der Waals surface area contributed by atoms with Crippen molar-refractivity contribution in [2.75, 3.05) is 11.5 Å². The Bertz CT molecular complexity index is 1140. The summed E-state index contributed by atoms with van der Waals surface area (Å²) >= 11 is 8.00. The van der Waals surface area contributed by atoms with E-state index in [-0.39, 0.29) is 27.4 Å². The number of pyridine rings is 1. The van der Waals surface area contributed by atoms with Gasteiger partial charge in [-0.25, -0.2) is 9.55 Å². The summed E-state index contributed by atoms with van der Waals surface area (Å²) in [7, 11) is 0. The third-order valence-electron chi connectivity index (χ3n) is 4.70. The molecule has 3 N–H and O–H groups in total. The zero-order valence-electron chi connectivity index (χ0n) is 17.6. The first kappa shape index (κ1) is 24.7. The molecule has 2 aliphatic rings. The predicted molar refractivity (Wildman–Crippen MR) is 121 cm³/mol. The van der Waals surface area contributed by atoms with Crippen LogP contribution in [-0.4, -0.2) is 50.6 Å². The minimum atomic E-state index is -1.48. The molecule has 0 aliphatic carbocycles. The van der Waals surface area contributed by atoms with Crippen molar-refractivity contribution in [3.8, 4) is 0 Å². The van der Waals surface area contributed by atoms with Gasteiger partial charge in [-0.1, -0.05) is 42.9 Å². The molecule has 2 aliphatic heterocycles. The number of nitrogen functional groups attached to an aromatic ring is 1. The number of aromatic nitrogens is 2. The van der Waals surface area contributed by atoms with Gasteiger partial charge in [0.05, 0.1) is 11.7 Å². The second-order valence-corrected chi connectivity index (χ2v) is 9.39. The maximum Gasteiger partial charge on any atom is 0.294 e. The van der Waals surface area contributed by atoms with Gasteiger partial charge in [0.15, 0.2) is 24.1 Å². The van der Waals surface area contributed by atoms with Crippen molar-refractivity contribution in [3.63, 3.8) is 0 Å². The van der Waals surface area contributed by atoms with Crippen LogP contribution in [0.2, 0.25) is 4.34 Å². The summed E-state index contributed by atoms with van der Waals surface area (Å²) in [6, 6.07) is 4.38. The zero-order valence-corrected chi connectivity index (χ0v) is 20.0. The Morgan fingerprint density at radius 3 is 2.55 bits per heavy atom. The van der Waals surface area contributed by atoms with Gasteiger partial charge in [-0.3, -0.25) is 19.3 Å². The molecule has 13 heteroatoms. The maximum absolute atomic E-state index is 12.7. The number of ketones is 1. The van der Waals surface area contributed by atoms with Crippen LogP contribution in [0, 0.1) is 0 Å². The average molecular weight is 510 g/mol. The van der Waals surface area contributed by atoms with Gasteiger partial charge in [-0.15, -0.1) is 11.8 Å². The monoisotopic (exact) mass is 509 g/mol. The molecule has 0 aromatic carbocycles. The Labute approximate surface area is 202 Å². The fraction of sp³-hybridized carbons (Fsp3) is 0.300. The maximum atomic E-state index is 12.7. The van der Waals surface area contributed by atoms with Crippen molar-refractivity contribution in [2.45, 2.75) is 31.8 Å². The molecule has 4 heterocycles. The Morgan fingerprint density at radius 1 is 1.30 bits per heavy atom. The normalized spacial score (nSPS) is 19.1. The molecule has 0 spiro atoms. The lowest BCUT2D eigenvalue weighted by Crippen LogP contribution is -2.71. The highest BCUT2D eigenvalue weighted by Gasteiger charge is 2.53. The topological polar surface area (TPSA) is 149 Å². The number of β-lactam (4-membered cyclic amide) rings is 1. The van der Waals surface area contributed by atoms with Crippen molar-refractivity contribution in [2.24, 2.45) is 0 Å². The Kier molecular flexibility index (Phi) is 7.72. The number of anilines is 1. The highest BCUT2D eigenvalue weighted by atomic mass is 35.5. The summed E-state index contributed by atoms with van der Waals surface area (Å²) in [4.78, 5) is 53.9. The minimum absolute atomic E-state index is 0.0300. The van der Waals surface area contributed by atoms with Crippen LogP contribution in [0.5, 0.6) is 0 Å². The summed E-state index contributed by atoms with van der Waals surface area (Å²) < 4.78 is 1.75. The van der Waals surface area contributed by atoms with E-state index in [0.717, 1.165) is 16.2 Å². The van der Waals surface area contributed by atoms with Crippen LogP contribution >= 0.6 is 34.7 Å². The quantitative estimate of drug-likeness (QED) is 0.239. The zero-order chi connectivity index (χ0) is 24.3. The fourth-order valence-electron chi connectivity index (χ4n) is 3.32. The highest BCUT2D eigenvalue weighted by molar-refractivity contribution is 8.00. The number of thiazole rings is 1. The van der Waals surface area contributed by atoms with Crippen molar-refractivity contribution >= 4 is 63.4 Å². The lowest BCUT2D eigenvalue weighted by molar-refractivity contribution is -0.689. The summed E-state index contributed by atoms with van der Waals surface area (Å²) in [5, 5.41) is 13.5. The first-order chi connectivity index (χ1) is 15.8. The number of nitrogens with zero attached hydrogens (tertiary/aromatic N) is 3. The van der Waals surface area contributed by atoms with Gasteiger partial charge in [0.2, 0.25) is 0 Å². The Balaban J connectivity index is 0.00000149. The number of amides is 2. The average Bonchev–Trinajstić information content (AvgIpc) is 3.15. The van der Waals surface area contributed by atoms with Crippen molar-refractivity contribution in [3.05, 3.63) is 51.9 Å². The number of nitrogens with two attached hydrogens (primary N) is 1. The van der Waals surface area contributed by atoms with Gasteiger partial charge < -0.3 is 21.0 Å². The highest BCUT2D eigenvalue weighted by Crippen LogP contribution is 2.40. The molecule has 0 saturated carbocycles. The summed E-state index contributed by atoms with van der Waals surface area (Å²) in [5.74, 6) is -3.90. The van der Waals surface area contributed by atoms with Gasteiger partial charge >= 0.3 is 0 Å². The van der Waals surface area contributed by atoms with E-state index in [2.05, 4.69) is 10.3 Å². The molecule has 2 aromatic rings. The number of carbonyl (C=O) groups is 4. The molecule has 1 fully saturated rings. The third-order valence-corrected chi connectivity index (χ3v) is 7.12. The second-order valence-electron chi connectivity index (χ2n) is 6.65. The van der Waals surface area contributed by atoms with Crippen molar-refractivity contribution in [1.29, 1.82) is 0 Å². The number of hydrogen-bond donors (Lipinski definition) is 2. The van der Waals surface area contributed by atoms with Crippen LogP contribution in [0.3, 0.4) is 0 Å². The Morgan fingerprint density at radius 2 is 1.97 bits per heavy atom. The van der Waals surface area contributed by atoms with Crippen molar-refractivity contribution in [1.82, 2.24) is 15.2 Å². The van der Waals surface area contributed by atoms with Crippen LogP contribution in [0.25, 0.3) is 0 Å². The van der Waals surface area contributed by atoms with Crippen molar-refractivity contribution < 1.29 is 28.9 Å². The van der Waals surface area contributed by atoms with E-state index in [4.69, 9.17) is 17.3 Å². The first-order valence-electron chi connectivity index (χ1n) is 9.87. The van der Waals surface area contributed by atoms with E-state index in [1.165, 1.54) is 11.8 Å². The fourth-order valence-corrected chi connectivity index (χ4v) is 5.58.